The second kappa shape index (κ2) is 7.78. The highest BCUT2D eigenvalue weighted by Crippen LogP contribution is 2.54. The van der Waals surface area contributed by atoms with Crippen LogP contribution in [-0.4, -0.2) is 40.9 Å². The van der Waals surface area contributed by atoms with Gasteiger partial charge in [-0.3, -0.25) is 4.79 Å². The second-order valence-electron chi connectivity index (χ2n) is 7.06. The van der Waals surface area contributed by atoms with Crippen LogP contribution in [0.4, 0.5) is 27.6 Å². The number of aromatic nitrogens is 2. The monoisotopic (exact) mass is 431 g/mol. The number of nitrogens with one attached hydrogen (secondary N) is 1. The van der Waals surface area contributed by atoms with Crippen LogP contribution in [0.1, 0.15) is 25.3 Å². The van der Waals surface area contributed by atoms with Gasteiger partial charge in [-0.05, 0) is 13.0 Å². The normalized spacial score (nSPS) is 26.5. The number of anilines is 1. The second-order valence-corrected chi connectivity index (χ2v) is 7.06. The third-order valence-corrected chi connectivity index (χ3v) is 5.40. The molecule has 1 aromatic heterocycles. The van der Waals surface area contributed by atoms with Crippen LogP contribution in [0.2, 0.25) is 0 Å². The van der Waals surface area contributed by atoms with Crippen LogP contribution in [0.3, 0.4) is 0 Å². The first-order valence-electron chi connectivity index (χ1n) is 8.83. The van der Waals surface area contributed by atoms with Crippen LogP contribution >= 0.6 is 0 Å². The summed E-state index contributed by atoms with van der Waals surface area (Å²) in [6.07, 6.45) is -2.80. The number of ether oxygens (including phenoxy) is 2. The smallest absolute Gasteiger partial charge is 0.417 e. The van der Waals surface area contributed by atoms with E-state index in [0.717, 1.165) is 26.2 Å². The van der Waals surface area contributed by atoms with E-state index < -0.39 is 53.0 Å². The molecule has 0 radical (unpaired) electrons. The van der Waals surface area contributed by atoms with E-state index in [1.54, 1.807) is 0 Å². The molecule has 2 heterocycles. The largest absolute Gasteiger partial charge is 0.493 e. The highest BCUT2D eigenvalue weighted by molar-refractivity contribution is 5.95. The van der Waals surface area contributed by atoms with Crippen LogP contribution in [0, 0.1) is 17.6 Å². The molecule has 1 saturated heterocycles. The lowest BCUT2D eigenvalue weighted by Gasteiger charge is -2.32. The van der Waals surface area contributed by atoms with Crippen molar-refractivity contribution in [2.24, 2.45) is 5.92 Å². The van der Waals surface area contributed by atoms with E-state index in [9.17, 15) is 26.7 Å². The average molecular weight is 431 g/mol. The number of halogens is 5. The van der Waals surface area contributed by atoms with Crippen LogP contribution < -0.4 is 10.1 Å². The van der Waals surface area contributed by atoms with Crippen molar-refractivity contribution in [3.8, 4) is 5.75 Å². The molecule has 6 nitrogen and oxygen atoms in total. The van der Waals surface area contributed by atoms with Gasteiger partial charge in [0.2, 0.25) is 5.82 Å². The molecule has 0 unspecified atom stereocenters. The Balaban J connectivity index is 2.09. The number of methoxy groups -OCH3 is 1. The molecule has 11 heteroatoms. The molecule has 162 valence electrons. The van der Waals surface area contributed by atoms with E-state index in [-0.39, 0.29) is 11.3 Å². The molecule has 1 aliphatic heterocycles. The number of hydrogen-bond donors (Lipinski definition) is 1. The number of carbonyl (C=O) groups excluding carboxylic acids is 1. The van der Waals surface area contributed by atoms with Crippen LogP contribution in [-0.2, 0) is 9.53 Å². The summed E-state index contributed by atoms with van der Waals surface area (Å²) in [7, 11) is 1.06. The summed E-state index contributed by atoms with van der Waals surface area (Å²) < 4.78 is 79.6. The number of carbonyl (C=O) groups is 1. The van der Waals surface area contributed by atoms with Crippen molar-refractivity contribution in [3.63, 3.8) is 0 Å². The fraction of sp³-hybridized carbons (Fsp3) is 0.421. The number of rotatable bonds is 4. The third-order valence-electron chi connectivity index (χ3n) is 5.40. The van der Waals surface area contributed by atoms with E-state index >= 15 is 0 Å². The lowest BCUT2D eigenvalue weighted by Crippen LogP contribution is -2.47. The van der Waals surface area contributed by atoms with Gasteiger partial charge in [0.25, 0.3) is 5.91 Å². The molecule has 1 fully saturated rings. The number of alkyl halides is 3. The topological polar surface area (TPSA) is 73.3 Å². The standard InChI is InChI=1S/C19H18F5N3O3/c1-9-13(11-4-5-12(20)14(21)15(11)29-3)16(30-18(9,2)19(22,23)24)17(28)27-10-6-25-8-26-7-10/h4-9,13,16H,1-3H3,(H,27,28)/t9-,13-,16+,18+/m0/s1. The quantitative estimate of drug-likeness (QED) is 0.745. The Bertz CT molecular complexity index is 941. The van der Waals surface area contributed by atoms with Gasteiger partial charge in [-0.15, -0.1) is 0 Å². The molecule has 0 aliphatic carbocycles. The van der Waals surface area contributed by atoms with Crippen LogP contribution in [0.25, 0.3) is 0 Å². The lowest BCUT2D eigenvalue weighted by molar-refractivity contribution is -0.272. The zero-order valence-corrected chi connectivity index (χ0v) is 16.1. The molecule has 1 amide bonds. The molecule has 4 atom stereocenters. The van der Waals surface area contributed by atoms with Gasteiger partial charge in [-0.1, -0.05) is 13.0 Å². The maximum absolute atomic E-state index is 14.3. The highest BCUT2D eigenvalue weighted by atomic mass is 19.4. The molecule has 2 aromatic rings. The molecule has 30 heavy (non-hydrogen) atoms. The summed E-state index contributed by atoms with van der Waals surface area (Å²) >= 11 is 0. The summed E-state index contributed by atoms with van der Waals surface area (Å²) in [5.74, 6) is -6.71. The Morgan fingerprint density at radius 2 is 1.87 bits per heavy atom. The minimum absolute atomic E-state index is 0.110. The minimum atomic E-state index is -4.83. The number of benzene rings is 1. The summed E-state index contributed by atoms with van der Waals surface area (Å²) in [6, 6.07) is 1.86. The summed E-state index contributed by atoms with van der Waals surface area (Å²) in [5.41, 5.74) is -2.69. The van der Waals surface area contributed by atoms with Gasteiger partial charge in [0.05, 0.1) is 25.2 Å². The average Bonchev–Trinajstić information content (AvgIpc) is 2.97. The first kappa shape index (κ1) is 21.9. The molecular formula is C19H18F5N3O3. The van der Waals surface area contributed by atoms with Gasteiger partial charge in [0.15, 0.2) is 17.2 Å². The van der Waals surface area contributed by atoms with Crippen LogP contribution in [0.15, 0.2) is 30.9 Å². The van der Waals surface area contributed by atoms with Gasteiger partial charge in [-0.2, -0.15) is 17.6 Å². The fourth-order valence-electron chi connectivity index (χ4n) is 3.62. The van der Waals surface area contributed by atoms with E-state index in [1.165, 1.54) is 25.6 Å². The fourth-order valence-corrected chi connectivity index (χ4v) is 3.62. The molecule has 1 aromatic carbocycles. The lowest BCUT2D eigenvalue weighted by atomic mass is 9.77. The first-order chi connectivity index (χ1) is 14.0. The number of amides is 1. The highest BCUT2D eigenvalue weighted by Gasteiger charge is 2.65. The van der Waals surface area contributed by atoms with E-state index in [2.05, 4.69) is 15.3 Å². The number of nitrogens with zero attached hydrogens (tertiary/aromatic N) is 2. The number of hydrogen-bond acceptors (Lipinski definition) is 5. The predicted molar refractivity (Wildman–Crippen MR) is 94.8 cm³/mol. The zero-order chi connectivity index (χ0) is 22.3. The Kier molecular flexibility index (Phi) is 5.68. The summed E-state index contributed by atoms with van der Waals surface area (Å²) in [4.78, 5) is 20.3. The molecule has 1 N–H and O–H groups in total. The van der Waals surface area contributed by atoms with Gasteiger partial charge in [0, 0.05) is 17.4 Å². The Morgan fingerprint density at radius 3 is 2.43 bits per heavy atom. The maximum Gasteiger partial charge on any atom is 0.417 e. The maximum atomic E-state index is 14.3. The van der Waals surface area contributed by atoms with Gasteiger partial charge in [-0.25, -0.2) is 14.4 Å². The predicted octanol–water partition coefficient (Wildman–Crippen LogP) is 3.84. The third kappa shape index (κ3) is 3.57. The summed E-state index contributed by atoms with van der Waals surface area (Å²) in [6.45, 7) is 2.05. The van der Waals surface area contributed by atoms with Crippen molar-refractivity contribution >= 4 is 11.6 Å². The van der Waals surface area contributed by atoms with Gasteiger partial charge < -0.3 is 14.8 Å². The minimum Gasteiger partial charge on any atom is -0.493 e. The van der Waals surface area contributed by atoms with Crippen molar-refractivity contribution in [3.05, 3.63) is 48.1 Å². The molecule has 0 bridgehead atoms. The van der Waals surface area contributed by atoms with E-state index in [4.69, 9.17) is 9.47 Å². The van der Waals surface area contributed by atoms with E-state index in [0.29, 0.717) is 0 Å². The molecule has 0 spiro atoms. The molecule has 0 saturated carbocycles. The molecule has 3 rings (SSSR count). The van der Waals surface area contributed by atoms with Crippen molar-refractivity contribution < 1.29 is 36.2 Å². The van der Waals surface area contributed by atoms with Gasteiger partial charge in [0.1, 0.15) is 12.4 Å². The SMILES string of the molecule is COc1c([C@H]2[C@H](C(=O)Nc3cncnc3)O[C@@](C)(C(F)(F)F)[C@H]2C)ccc(F)c1F. The Morgan fingerprint density at radius 1 is 1.23 bits per heavy atom. The molecule has 1 aliphatic rings. The van der Waals surface area contributed by atoms with Crippen molar-refractivity contribution in [1.82, 2.24) is 9.97 Å². The van der Waals surface area contributed by atoms with Crippen LogP contribution in [0.5, 0.6) is 5.75 Å². The van der Waals surface area contributed by atoms with Gasteiger partial charge >= 0.3 is 6.18 Å². The Hall–Kier alpha value is -2.82. The Labute approximate surface area is 168 Å². The van der Waals surface area contributed by atoms with Crippen molar-refractivity contribution in [1.29, 1.82) is 0 Å². The summed E-state index contributed by atoms with van der Waals surface area (Å²) in [5, 5.41) is 2.39. The van der Waals surface area contributed by atoms with Crippen molar-refractivity contribution in [2.75, 3.05) is 12.4 Å². The first-order valence-corrected chi connectivity index (χ1v) is 8.83. The molecular weight excluding hydrogens is 413 g/mol. The zero-order valence-electron chi connectivity index (χ0n) is 16.1. The van der Waals surface area contributed by atoms with E-state index in [1.807, 2.05) is 0 Å². The van der Waals surface area contributed by atoms with Crippen molar-refractivity contribution in [2.45, 2.75) is 37.6 Å².